The van der Waals surface area contributed by atoms with Crippen LogP contribution in [-0.2, 0) is 4.79 Å². The molecule has 126 valence electrons. The van der Waals surface area contributed by atoms with E-state index in [4.69, 9.17) is 0 Å². The Morgan fingerprint density at radius 2 is 2.09 bits per heavy atom. The zero-order valence-corrected chi connectivity index (χ0v) is 13.6. The van der Waals surface area contributed by atoms with Crippen molar-refractivity contribution >= 4 is 17.6 Å². The van der Waals surface area contributed by atoms with Gasteiger partial charge in [0.05, 0.1) is 0 Å². The summed E-state index contributed by atoms with van der Waals surface area (Å²) in [4.78, 5) is 23.8. The Labute approximate surface area is 137 Å². The molecule has 3 amide bonds. The van der Waals surface area contributed by atoms with E-state index in [1.165, 1.54) is 12.8 Å². The van der Waals surface area contributed by atoms with E-state index in [2.05, 4.69) is 21.3 Å². The smallest absolute Gasteiger partial charge is 0.319 e. The number of benzene rings is 1. The second-order valence-corrected chi connectivity index (χ2v) is 5.98. The van der Waals surface area contributed by atoms with E-state index in [0.717, 1.165) is 19.5 Å². The molecule has 1 aromatic rings. The first-order valence-electron chi connectivity index (χ1n) is 8.26. The molecule has 0 bridgehead atoms. The van der Waals surface area contributed by atoms with Crippen molar-refractivity contribution in [1.29, 1.82) is 0 Å². The Bertz CT molecular complexity index is 501. The fraction of sp³-hybridized carbons (Fsp3) is 0.529. The van der Waals surface area contributed by atoms with E-state index in [1.807, 2.05) is 18.2 Å². The molecule has 0 spiro atoms. The van der Waals surface area contributed by atoms with Gasteiger partial charge in [-0.15, -0.1) is 0 Å². The van der Waals surface area contributed by atoms with E-state index in [9.17, 15) is 9.59 Å². The highest BCUT2D eigenvalue weighted by Crippen LogP contribution is 2.12. The van der Waals surface area contributed by atoms with E-state index in [-0.39, 0.29) is 11.9 Å². The topological polar surface area (TPSA) is 82.3 Å². The molecule has 6 nitrogen and oxygen atoms in total. The highest BCUT2D eigenvalue weighted by atomic mass is 16.2. The van der Waals surface area contributed by atoms with Crippen LogP contribution in [0, 0.1) is 5.92 Å². The highest BCUT2D eigenvalue weighted by Gasteiger charge is 2.17. The van der Waals surface area contributed by atoms with Crippen molar-refractivity contribution in [2.75, 3.05) is 25.0 Å². The van der Waals surface area contributed by atoms with Crippen molar-refractivity contribution in [2.45, 2.75) is 32.2 Å². The van der Waals surface area contributed by atoms with Crippen LogP contribution in [0.25, 0.3) is 0 Å². The van der Waals surface area contributed by atoms with E-state index in [1.54, 1.807) is 19.1 Å². The summed E-state index contributed by atoms with van der Waals surface area (Å²) < 4.78 is 0. The van der Waals surface area contributed by atoms with Gasteiger partial charge in [-0.2, -0.15) is 0 Å². The quantitative estimate of drug-likeness (QED) is 0.644. The molecular formula is C17H26N4O2. The minimum absolute atomic E-state index is 0.156. The van der Waals surface area contributed by atoms with Crippen molar-refractivity contribution in [3.8, 4) is 0 Å². The van der Waals surface area contributed by atoms with Gasteiger partial charge in [0.1, 0.15) is 6.04 Å². The SMILES string of the molecule is CC(NC(=O)Nc1ccccc1)C(=O)NCCC1CCCNC1. The summed E-state index contributed by atoms with van der Waals surface area (Å²) in [5, 5.41) is 11.6. The number of hydrogen-bond acceptors (Lipinski definition) is 3. The van der Waals surface area contributed by atoms with Crippen LogP contribution in [0.4, 0.5) is 10.5 Å². The van der Waals surface area contributed by atoms with Gasteiger partial charge in [-0.1, -0.05) is 18.2 Å². The Morgan fingerprint density at radius 1 is 1.30 bits per heavy atom. The maximum Gasteiger partial charge on any atom is 0.319 e. The summed E-state index contributed by atoms with van der Waals surface area (Å²) in [7, 11) is 0. The largest absolute Gasteiger partial charge is 0.354 e. The molecule has 0 radical (unpaired) electrons. The third-order valence-corrected chi connectivity index (χ3v) is 4.02. The minimum atomic E-state index is -0.566. The first kappa shape index (κ1) is 17.3. The van der Waals surface area contributed by atoms with E-state index < -0.39 is 6.04 Å². The zero-order chi connectivity index (χ0) is 16.5. The van der Waals surface area contributed by atoms with Crippen LogP contribution in [-0.4, -0.2) is 37.6 Å². The lowest BCUT2D eigenvalue weighted by atomic mass is 9.96. The Kier molecular flexibility index (Phi) is 6.87. The van der Waals surface area contributed by atoms with Crippen LogP contribution >= 0.6 is 0 Å². The predicted octanol–water partition coefficient (Wildman–Crippen LogP) is 1.70. The second-order valence-electron chi connectivity index (χ2n) is 5.98. The minimum Gasteiger partial charge on any atom is -0.354 e. The van der Waals surface area contributed by atoms with Gasteiger partial charge in [-0.25, -0.2) is 4.79 Å². The predicted molar refractivity (Wildman–Crippen MR) is 91.3 cm³/mol. The average molecular weight is 318 g/mol. The number of nitrogens with one attached hydrogen (secondary N) is 4. The molecule has 2 rings (SSSR count). The van der Waals surface area contributed by atoms with Crippen molar-refractivity contribution < 1.29 is 9.59 Å². The number of piperidine rings is 1. The first-order valence-corrected chi connectivity index (χ1v) is 8.26. The molecule has 2 atom stereocenters. The molecule has 0 aromatic heterocycles. The van der Waals surface area contributed by atoms with Crippen LogP contribution in [0.2, 0.25) is 0 Å². The lowest BCUT2D eigenvalue weighted by Gasteiger charge is -2.23. The van der Waals surface area contributed by atoms with E-state index >= 15 is 0 Å². The molecule has 2 unspecified atom stereocenters. The summed E-state index contributed by atoms with van der Waals surface area (Å²) >= 11 is 0. The molecule has 1 heterocycles. The van der Waals surface area contributed by atoms with Gasteiger partial charge in [0, 0.05) is 12.2 Å². The van der Waals surface area contributed by atoms with Crippen LogP contribution in [0.1, 0.15) is 26.2 Å². The van der Waals surface area contributed by atoms with Gasteiger partial charge in [-0.3, -0.25) is 4.79 Å². The number of rotatable bonds is 6. The summed E-state index contributed by atoms with van der Waals surface area (Å²) in [6.45, 7) is 4.46. The Balaban J connectivity index is 1.64. The molecule has 1 saturated heterocycles. The normalized spacial score (nSPS) is 18.7. The van der Waals surface area contributed by atoms with Gasteiger partial charge < -0.3 is 21.3 Å². The van der Waals surface area contributed by atoms with Gasteiger partial charge in [0.25, 0.3) is 0 Å². The number of urea groups is 1. The average Bonchev–Trinajstić information content (AvgIpc) is 2.56. The van der Waals surface area contributed by atoms with Crippen molar-refractivity contribution in [3.63, 3.8) is 0 Å². The lowest BCUT2D eigenvalue weighted by molar-refractivity contribution is -0.122. The Morgan fingerprint density at radius 3 is 2.78 bits per heavy atom. The molecule has 23 heavy (non-hydrogen) atoms. The van der Waals surface area contributed by atoms with E-state index in [0.29, 0.717) is 18.2 Å². The fourth-order valence-corrected chi connectivity index (χ4v) is 2.67. The number of carbonyl (C=O) groups excluding carboxylic acids is 2. The van der Waals surface area contributed by atoms with Crippen LogP contribution < -0.4 is 21.3 Å². The number of carbonyl (C=O) groups is 2. The van der Waals surface area contributed by atoms with Crippen LogP contribution in [0.3, 0.4) is 0 Å². The molecule has 0 saturated carbocycles. The Hall–Kier alpha value is -2.08. The first-order chi connectivity index (χ1) is 11.1. The van der Waals surface area contributed by atoms with Crippen molar-refractivity contribution in [2.24, 2.45) is 5.92 Å². The molecule has 0 aliphatic carbocycles. The van der Waals surface area contributed by atoms with Crippen molar-refractivity contribution in [3.05, 3.63) is 30.3 Å². The molecule has 6 heteroatoms. The lowest BCUT2D eigenvalue weighted by Crippen LogP contribution is -2.46. The monoisotopic (exact) mass is 318 g/mol. The second kappa shape index (κ2) is 9.15. The van der Waals surface area contributed by atoms with Gasteiger partial charge >= 0.3 is 6.03 Å². The van der Waals surface area contributed by atoms with Crippen molar-refractivity contribution in [1.82, 2.24) is 16.0 Å². The molecule has 1 aliphatic rings. The summed E-state index contributed by atoms with van der Waals surface area (Å²) in [5.41, 5.74) is 0.697. The maximum absolute atomic E-state index is 12.0. The molecule has 4 N–H and O–H groups in total. The van der Waals surface area contributed by atoms with Crippen LogP contribution in [0.5, 0.6) is 0 Å². The third kappa shape index (κ3) is 6.28. The van der Waals surface area contributed by atoms with Gasteiger partial charge in [-0.05, 0) is 57.3 Å². The maximum atomic E-state index is 12.0. The fourth-order valence-electron chi connectivity index (χ4n) is 2.67. The summed E-state index contributed by atoms with van der Waals surface area (Å²) in [5.74, 6) is 0.477. The van der Waals surface area contributed by atoms with Crippen LogP contribution in [0.15, 0.2) is 30.3 Å². The molecule has 1 fully saturated rings. The summed E-state index contributed by atoms with van der Waals surface area (Å²) in [6, 6.07) is 8.20. The van der Waals surface area contributed by atoms with Gasteiger partial charge in [0.2, 0.25) is 5.91 Å². The number of amides is 3. The summed E-state index contributed by atoms with van der Waals surface area (Å²) in [6.07, 6.45) is 3.40. The molecule has 1 aromatic carbocycles. The number of para-hydroxylation sites is 1. The standard InChI is InChI=1S/C17H26N4O2/c1-13(20-17(23)21-15-7-3-2-4-8-15)16(22)19-11-9-14-6-5-10-18-12-14/h2-4,7-8,13-14,18H,5-6,9-12H2,1H3,(H,19,22)(H2,20,21,23). The van der Waals surface area contributed by atoms with Gasteiger partial charge in [0.15, 0.2) is 0 Å². The molecule has 1 aliphatic heterocycles. The number of hydrogen-bond donors (Lipinski definition) is 4. The zero-order valence-electron chi connectivity index (χ0n) is 13.6. The molecular weight excluding hydrogens is 292 g/mol. The highest BCUT2D eigenvalue weighted by molar-refractivity contribution is 5.93. The number of anilines is 1. The third-order valence-electron chi connectivity index (χ3n) is 4.02.